The monoisotopic (exact) mass is 449 g/mol. The van der Waals surface area contributed by atoms with Crippen molar-refractivity contribution < 1.29 is 8.78 Å². The van der Waals surface area contributed by atoms with E-state index in [0.717, 1.165) is 25.1 Å². The Kier molecular flexibility index (Phi) is 6.45. The minimum absolute atomic E-state index is 0. The Hall–Kier alpha value is -0.920. The summed E-state index contributed by atoms with van der Waals surface area (Å²) in [5, 5.41) is 3.35. The summed E-state index contributed by atoms with van der Waals surface area (Å²) in [7, 11) is 1.79. The van der Waals surface area contributed by atoms with Gasteiger partial charge in [-0.2, -0.15) is 0 Å². The summed E-state index contributed by atoms with van der Waals surface area (Å²) in [5.74, 6) is -0.176. The molecule has 3 rings (SSSR count). The maximum absolute atomic E-state index is 13.9. The normalized spacial score (nSPS) is 20.5. The van der Waals surface area contributed by atoms with Crippen molar-refractivity contribution in [3.05, 3.63) is 35.4 Å². The molecule has 6 heteroatoms. The highest BCUT2D eigenvalue weighted by Crippen LogP contribution is 2.47. The second-order valence-electron chi connectivity index (χ2n) is 7.02. The van der Waals surface area contributed by atoms with E-state index in [1.54, 1.807) is 7.05 Å². The van der Waals surface area contributed by atoms with E-state index < -0.39 is 11.6 Å². The molecule has 1 aromatic carbocycles. The summed E-state index contributed by atoms with van der Waals surface area (Å²) >= 11 is 0. The molecule has 0 amide bonds. The first-order valence-electron chi connectivity index (χ1n) is 8.43. The zero-order valence-corrected chi connectivity index (χ0v) is 16.6. The lowest BCUT2D eigenvalue weighted by atomic mass is 9.68. The number of guanidine groups is 1. The molecule has 1 saturated heterocycles. The first-order valence-corrected chi connectivity index (χ1v) is 8.43. The van der Waals surface area contributed by atoms with Gasteiger partial charge in [-0.3, -0.25) is 4.99 Å². The predicted molar refractivity (Wildman–Crippen MR) is 104 cm³/mol. The van der Waals surface area contributed by atoms with Gasteiger partial charge in [-0.25, -0.2) is 8.78 Å². The Balaban J connectivity index is 0.00000208. The number of likely N-dealkylation sites (tertiary alicyclic amines) is 1. The standard InChI is InChI=1S/C18H25F2N3.HI/c1-13(15-5-4-14(19)10-16(15)20)11-22-17(21-2)23-9-8-18(12-23)6-3-7-18;/h4-5,10,13H,3,6-9,11-12H2,1-2H3,(H,21,22);1H. The molecule has 1 spiro atoms. The van der Waals surface area contributed by atoms with Gasteiger partial charge in [0.05, 0.1) is 0 Å². The van der Waals surface area contributed by atoms with Crippen molar-refractivity contribution in [2.45, 2.75) is 38.5 Å². The SMILES string of the molecule is CN=C(NCC(C)c1ccc(F)cc1F)N1CCC2(CCC2)C1.I. The minimum Gasteiger partial charge on any atom is -0.356 e. The van der Waals surface area contributed by atoms with Crippen LogP contribution < -0.4 is 5.32 Å². The van der Waals surface area contributed by atoms with E-state index in [-0.39, 0.29) is 29.9 Å². The van der Waals surface area contributed by atoms with Crippen LogP contribution in [0.5, 0.6) is 0 Å². The van der Waals surface area contributed by atoms with E-state index in [0.29, 0.717) is 17.5 Å². The maximum atomic E-state index is 13.9. The summed E-state index contributed by atoms with van der Waals surface area (Å²) in [5.41, 5.74) is 1.05. The Labute approximate surface area is 159 Å². The molecule has 1 heterocycles. The first kappa shape index (κ1) is 19.4. The molecule has 0 radical (unpaired) electrons. The van der Waals surface area contributed by atoms with Gasteiger partial charge < -0.3 is 10.2 Å². The van der Waals surface area contributed by atoms with Gasteiger partial charge in [-0.15, -0.1) is 24.0 Å². The van der Waals surface area contributed by atoms with Crippen molar-refractivity contribution in [3.63, 3.8) is 0 Å². The summed E-state index contributed by atoms with van der Waals surface area (Å²) in [6.07, 6.45) is 5.26. The largest absolute Gasteiger partial charge is 0.356 e. The lowest BCUT2D eigenvalue weighted by molar-refractivity contribution is 0.151. The van der Waals surface area contributed by atoms with Gasteiger partial charge in [-0.05, 0) is 36.3 Å². The average molecular weight is 449 g/mol. The number of aliphatic imine (C=N–C) groups is 1. The van der Waals surface area contributed by atoms with Crippen LogP contribution in [0.2, 0.25) is 0 Å². The molecular weight excluding hydrogens is 423 g/mol. The number of hydrogen-bond acceptors (Lipinski definition) is 1. The lowest BCUT2D eigenvalue weighted by Crippen LogP contribution is -2.43. The zero-order valence-electron chi connectivity index (χ0n) is 14.3. The summed E-state index contributed by atoms with van der Waals surface area (Å²) in [4.78, 5) is 6.69. The van der Waals surface area contributed by atoms with Crippen LogP contribution in [-0.2, 0) is 0 Å². The summed E-state index contributed by atoms with van der Waals surface area (Å²) < 4.78 is 26.9. The Bertz CT molecular complexity index is 602. The van der Waals surface area contributed by atoms with Gasteiger partial charge in [0.15, 0.2) is 5.96 Å². The molecule has 1 unspecified atom stereocenters. The van der Waals surface area contributed by atoms with E-state index in [1.165, 1.54) is 37.8 Å². The first-order chi connectivity index (χ1) is 11.0. The van der Waals surface area contributed by atoms with Crippen LogP contribution in [0.25, 0.3) is 0 Å². The van der Waals surface area contributed by atoms with E-state index in [2.05, 4.69) is 15.2 Å². The van der Waals surface area contributed by atoms with Crippen molar-refractivity contribution >= 4 is 29.9 Å². The summed E-state index contributed by atoms with van der Waals surface area (Å²) in [6, 6.07) is 3.78. The van der Waals surface area contributed by atoms with E-state index in [1.807, 2.05) is 6.92 Å². The number of nitrogens with one attached hydrogen (secondary N) is 1. The van der Waals surface area contributed by atoms with Crippen LogP contribution in [0.15, 0.2) is 23.2 Å². The van der Waals surface area contributed by atoms with Gasteiger partial charge in [0.2, 0.25) is 0 Å². The highest BCUT2D eigenvalue weighted by Gasteiger charge is 2.43. The van der Waals surface area contributed by atoms with Crippen LogP contribution >= 0.6 is 24.0 Å². The fourth-order valence-electron chi connectivity index (χ4n) is 3.79. The number of rotatable bonds is 3. The molecule has 0 aromatic heterocycles. The van der Waals surface area contributed by atoms with Crippen molar-refractivity contribution in [1.82, 2.24) is 10.2 Å². The Morgan fingerprint density at radius 1 is 1.33 bits per heavy atom. The van der Waals surface area contributed by atoms with Crippen molar-refractivity contribution in [1.29, 1.82) is 0 Å². The van der Waals surface area contributed by atoms with Gasteiger partial charge in [-0.1, -0.05) is 19.4 Å². The van der Waals surface area contributed by atoms with Gasteiger partial charge >= 0.3 is 0 Å². The third-order valence-electron chi connectivity index (χ3n) is 5.42. The van der Waals surface area contributed by atoms with Crippen LogP contribution in [0.3, 0.4) is 0 Å². The third-order valence-corrected chi connectivity index (χ3v) is 5.42. The second-order valence-corrected chi connectivity index (χ2v) is 7.02. The lowest BCUT2D eigenvalue weighted by Gasteiger charge is -2.38. The van der Waals surface area contributed by atoms with Gasteiger partial charge in [0.1, 0.15) is 11.6 Å². The fourth-order valence-corrected chi connectivity index (χ4v) is 3.79. The van der Waals surface area contributed by atoms with Crippen molar-refractivity contribution in [2.75, 3.05) is 26.7 Å². The Morgan fingerprint density at radius 3 is 2.62 bits per heavy atom. The highest BCUT2D eigenvalue weighted by molar-refractivity contribution is 14.0. The summed E-state index contributed by atoms with van der Waals surface area (Å²) in [6.45, 7) is 4.64. The van der Waals surface area contributed by atoms with Crippen LogP contribution in [0.4, 0.5) is 8.78 Å². The van der Waals surface area contributed by atoms with Crippen molar-refractivity contribution in [2.24, 2.45) is 10.4 Å². The highest BCUT2D eigenvalue weighted by atomic mass is 127. The molecule has 2 fully saturated rings. The minimum atomic E-state index is -0.537. The average Bonchev–Trinajstić information content (AvgIpc) is 2.93. The molecule has 2 aliphatic rings. The molecule has 1 saturated carbocycles. The number of nitrogens with zero attached hydrogens (tertiary/aromatic N) is 2. The molecule has 1 N–H and O–H groups in total. The number of benzene rings is 1. The Morgan fingerprint density at radius 2 is 2.08 bits per heavy atom. The molecule has 1 atom stereocenters. The molecule has 3 nitrogen and oxygen atoms in total. The quantitative estimate of drug-likeness (QED) is 0.427. The molecule has 134 valence electrons. The molecule has 1 aliphatic heterocycles. The van der Waals surface area contributed by atoms with Crippen LogP contribution in [0, 0.1) is 17.0 Å². The molecule has 1 aromatic rings. The molecule has 24 heavy (non-hydrogen) atoms. The van der Waals surface area contributed by atoms with E-state index in [9.17, 15) is 8.78 Å². The van der Waals surface area contributed by atoms with Gasteiger partial charge in [0, 0.05) is 38.7 Å². The smallest absolute Gasteiger partial charge is 0.193 e. The topological polar surface area (TPSA) is 27.6 Å². The van der Waals surface area contributed by atoms with E-state index >= 15 is 0 Å². The third kappa shape index (κ3) is 4.00. The van der Waals surface area contributed by atoms with Crippen LogP contribution in [0.1, 0.15) is 44.1 Å². The number of halogens is 3. The zero-order chi connectivity index (χ0) is 16.4. The van der Waals surface area contributed by atoms with E-state index in [4.69, 9.17) is 0 Å². The van der Waals surface area contributed by atoms with Gasteiger partial charge in [0.25, 0.3) is 0 Å². The molecule has 0 bridgehead atoms. The molecule has 1 aliphatic carbocycles. The van der Waals surface area contributed by atoms with Crippen LogP contribution in [-0.4, -0.2) is 37.5 Å². The number of hydrogen-bond donors (Lipinski definition) is 1. The maximum Gasteiger partial charge on any atom is 0.193 e. The second kappa shape index (κ2) is 7.97. The predicted octanol–water partition coefficient (Wildman–Crippen LogP) is 4.14. The molecular formula is C18H26F2IN3. The van der Waals surface area contributed by atoms with Crippen molar-refractivity contribution in [3.8, 4) is 0 Å². The fraction of sp³-hybridized carbons (Fsp3) is 0.611.